The fourth-order valence-electron chi connectivity index (χ4n) is 2.61. The van der Waals surface area contributed by atoms with Crippen molar-refractivity contribution in [3.05, 3.63) is 28.5 Å². The van der Waals surface area contributed by atoms with Crippen LogP contribution in [0.15, 0.2) is 17.9 Å². The van der Waals surface area contributed by atoms with E-state index in [2.05, 4.69) is 6.92 Å². The standard InChI is InChI=1S/C19H23ClO6/c1-4-5-8-25-16-9-12(22)6-7-14(16)26-19-13(11-21)15(23-2)10-17(24-3)18(19)20/h9-11,14H,4-8H2,1-3H3/t14-/m0/s1. The molecule has 0 bridgehead atoms. The Labute approximate surface area is 158 Å². The molecule has 0 saturated heterocycles. The monoisotopic (exact) mass is 382 g/mol. The summed E-state index contributed by atoms with van der Waals surface area (Å²) in [5.41, 5.74) is 0.183. The zero-order valence-electron chi connectivity index (χ0n) is 15.2. The molecule has 1 aliphatic rings. The van der Waals surface area contributed by atoms with Crippen LogP contribution in [-0.4, -0.2) is 39.0 Å². The van der Waals surface area contributed by atoms with Crippen molar-refractivity contribution in [2.75, 3.05) is 20.8 Å². The molecule has 7 heteroatoms. The van der Waals surface area contributed by atoms with Crippen LogP contribution in [0.4, 0.5) is 0 Å². The molecule has 6 nitrogen and oxygen atoms in total. The van der Waals surface area contributed by atoms with Crippen LogP contribution in [0.1, 0.15) is 43.0 Å². The molecule has 1 aliphatic carbocycles. The number of carbonyl (C=O) groups excluding carboxylic acids is 2. The maximum Gasteiger partial charge on any atom is 0.159 e. The number of methoxy groups -OCH3 is 2. The second kappa shape index (κ2) is 9.48. The first-order valence-electron chi connectivity index (χ1n) is 8.49. The fourth-order valence-corrected chi connectivity index (χ4v) is 2.89. The molecule has 0 amide bonds. The molecule has 1 aromatic rings. The summed E-state index contributed by atoms with van der Waals surface area (Å²) in [4.78, 5) is 23.3. The number of carbonyl (C=O) groups is 2. The van der Waals surface area contributed by atoms with Crippen LogP contribution < -0.4 is 14.2 Å². The number of unbranched alkanes of at least 4 members (excludes halogenated alkanes) is 1. The average Bonchev–Trinajstić information content (AvgIpc) is 2.65. The summed E-state index contributed by atoms with van der Waals surface area (Å²) in [6.45, 7) is 2.54. The lowest BCUT2D eigenvalue weighted by Gasteiger charge is -2.26. The molecule has 26 heavy (non-hydrogen) atoms. The van der Waals surface area contributed by atoms with Gasteiger partial charge in [0, 0.05) is 18.6 Å². The van der Waals surface area contributed by atoms with Gasteiger partial charge in [-0.1, -0.05) is 24.9 Å². The van der Waals surface area contributed by atoms with E-state index in [1.165, 1.54) is 26.4 Å². The zero-order chi connectivity index (χ0) is 19.1. The van der Waals surface area contributed by atoms with Crippen molar-refractivity contribution in [3.8, 4) is 17.2 Å². The van der Waals surface area contributed by atoms with E-state index in [1.807, 2.05) is 0 Å². The summed E-state index contributed by atoms with van der Waals surface area (Å²) < 4.78 is 22.2. The van der Waals surface area contributed by atoms with Gasteiger partial charge in [0.2, 0.25) is 0 Å². The van der Waals surface area contributed by atoms with Gasteiger partial charge in [-0.2, -0.15) is 0 Å². The van der Waals surface area contributed by atoms with E-state index < -0.39 is 6.10 Å². The van der Waals surface area contributed by atoms with Crippen molar-refractivity contribution in [1.29, 1.82) is 0 Å². The van der Waals surface area contributed by atoms with E-state index >= 15 is 0 Å². The molecular weight excluding hydrogens is 360 g/mol. The van der Waals surface area contributed by atoms with E-state index in [4.69, 9.17) is 30.5 Å². The number of rotatable bonds is 9. The first-order chi connectivity index (χ1) is 12.5. The molecule has 0 spiro atoms. The van der Waals surface area contributed by atoms with Gasteiger partial charge in [0.05, 0.1) is 20.8 Å². The Hall–Kier alpha value is -2.21. The van der Waals surface area contributed by atoms with Gasteiger partial charge in [-0.3, -0.25) is 9.59 Å². The first kappa shape index (κ1) is 20.1. The quantitative estimate of drug-likeness (QED) is 0.475. The predicted octanol–water partition coefficient (Wildman–Crippen LogP) is 3.98. The summed E-state index contributed by atoms with van der Waals surface area (Å²) in [5, 5.41) is 0.167. The number of allylic oxidation sites excluding steroid dienone is 1. The van der Waals surface area contributed by atoms with Gasteiger partial charge in [-0.25, -0.2) is 0 Å². The minimum absolute atomic E-state index is 0.0127. The molecule has 1 aromatic carbocycles. The topological polar surface area (TPSA) is 71.1 Å². The first-order valence-corrected chi connectivity index (χ1v) is 8.87. The highest BCUT2D eigenvalue weighted by Gasteiger charge is 2.28. The lowest BCUT2D eigenvalue weighted by Crippen LogP contribution is -2.27. The van der Waals surface area contributed by atoms with Gasteiger partial charge in [-0.05, 0) is 12.8 Å². The van der Waals surface area contributed by atoms with E-state index in [0.29, 0.717) is 43.0 Å². The number of halogens is 1. The molecule has 1 atom stereocenters. The maximum atomic E-state index is 11.8. The summed E-state index contributed by atoms with van der Waals surface area (Å²) in [7, 11) is 2.90. The highest BCUT2D eigenvalue weighted by atomic mass is 35.5. The van der Waals surface area contributed by atoms with Gasteiger partial charge in [0.1, 0.15) is 27.8 Å². The summed E-state index contributed by atoms with van der Waals surface area (Å²) in [6.07, 6.45) is 4.17. The number of hydrogen-bond acceptors (Lipinski definition) is 6. The minimum atomic E-state index is -0.516. The van der Waals surface area contributed by atoms with Crippen LogP contribution in [0.3, 0.4) is 0 Å². The van der Waals surface area contributed by atoms with E-state index in [1.54, 1.807) is 0 Å². The lowest BCUT2D eigenvalue weighted by atomic mass is 10.0. The molecular formula is C19H23ClO6. The number of benzene rings is 1. The maximum absolute atomic E-state index is 11.8. The van der Waals surface area contributed by atoms with Crippen LogP contribution in [0, 0.1) is 0 Å². The minimum Gasteiger partial charge on any atom is -0.496 e. The predicted molar refractivity (Wildman–Crippen MR) is 97.5 cm³/mol. The molecule has 142 valence electrons. The Balaban J connectivity index is 2.37. The van der Waals surface area contributed by atoms with Crippen LogP contribution in [0.2, 0.25) is 5.02 Å². The van der Waals surface area contributed by atoms with Crippen LogP contribution in [-0.2, 0) is 9.53 Å². The number of ether oxygens (including phenoxy) is 4. The molecule has 0 unspecified atom stereocenters. The zero-order valence-corrected chi connectivity index (χ0v) is 15.9. The van der Waals surface area contributed by atoms with Crippen molar-refractivity contribution >= 4 is 23.7 Å². The smallest absolute Gasteiger partial charge is 0.159 e. The number of ketones is 1. The van der Waals surface area contributed by atoms with Crippen LogP contribution in [0.5, 0.6) is 17.2 Å². The summed E-state index contributed by atoms with van der Waals surface area (Å²) in [5.74, 6) is 1.21. The third-order valence-electron chi connectivity index (χ3n) is 4.05. The fraction of sp³-hybridized carbons (Fsp3) is 0.474. The molecule has 0 fully saturated rings. The lowest BCUT2D eigenvalue weighted by molar-refractivity contribution is -0.116. The van der Waals surface area contributed by atoms with Gasteiger partial charge < -0.3 is 18.9 Å². The molecule has 0 aromatic heterocycles. The third-order valence-corrected chi connectivity index (χ3v) is 4.40. The molecule has 0 saturated carbocycles. The summed E-state index contributed by atoms with van der Waals surface area (Å²) in [6, 6.07) is 1.53. The largest absolute Gasteiger partial charge is 0.496 e. The number of aldehydes is 1. The van der Waals surface area contributed by atoms with Gasteiger partial charge in [-0.15, -0.1) is 0 Å². The van der Waals surface area contributed by atoms with Crippen molar-refractivity contribution in [2.45, 2.75) is 38.7 Å². The Kier molecular flexibility index (Phi) is 7.33. The average molecular weight is 383 g/mol. The van der Waals surface area contributed by atoms with Crippen molar-refractivity contribution in [3.63, 3.8) is 0 Å². The highest BCUT2D eigenvalue weighted by molar-refractivity contribution is 6.34. The van der Waals surface area contributed by atoms with Gasteiger partial charge in [0.15, 0.2) is 23.9 Å². The highest BCUT2D eigenvalue weighted by Crippen LogP contribution is 2.43. The summed E-state index contributed by atoms with van der Waals surface area (Å²) >= 11 is 6.35. The Morgan fingerprint density at radius 2 is 2.00 bits per heavy atom. The normalized spacial score (nSPS) is 16.7. The molecule has 0 N–H and O–H groups in total. The van der Waals surface area contributed by atoms with Crippen molar-refractivity contribution in [1.82, 2.24) is 0 Å². The molecule has 0 heterocycles. The second-order valence-electron chi connectivity index (χ2n) is 5.82. The van der Waals surface area contributed by atoms with Gasteiger partial charge >= 0.3 is 0 Å². The van der Waals surface area contributed by atoms with E-state index in [0.717, 1.165) is 12.8 Å². The van der Waals surface area contributed by atoms with Gasteiger partial charge in [0.25, 0.3) is 0 Å². The molecule has 0 aliphatic heterocycles. The van der Waals surface area contributed by atoms with Crippen LogP contribution in [0.25, 0.3) is 0 Å². The second-order valence-corrected chi connectivity index (χ2v) is 6.19. The van der Waals surface area contributed by atoms with Crippen molar-refractivity contribution in [2.24, 2.45) is 0 Å². The Morgan fingerprint density at radius 3 is 2.62 bits per heavy atom. The van der Waals surface area contributed by atoms with E-state index in [-0.39, 0.29) is 22.1 Å². The number of hydrogen-bond donors (Lipinski definition) is 0. The Morgan fingerprint density at radius 1 is 1.27 bits per heavy atom. The third kappa shape index (κ3) is 4.49. The molecule has 0 radical (unpaired) electrons. The van der Waals surface area contributed by atoms with E-state index in [9.17, 15) is 9.59 Å². The molecule has 2 rings (SSSR count). The van der Waals surface area contributed by atoms with Crippen molar-refractivity contribution < 1.29 is 28.5 Å². The van der Waals surface area contributed by atoms with Crippen LogP contribution >= 0.6 is 11.6 Å². The Bertz CT molecular complexity index is 698. The SMILES string of the molecule is CCCCOC1=CC(=O)CC[C@@H]1Oc1c(Cl)c(OC)cc(OC)c1C=O.